The predicted octanol–water partition coefficient (Wildman–Crippen LogP) is 3.30. The second-order valence-electron chi connectivity index (χ2n) is 5.61. The summed E-state index contributed by atoms with van der Waals surface area (Å²) in [5.74, 6) is -0.532. The van der Waals surface area contributed by atoms with Gasteiger partial charge in [0.2, 0.25) is 0 Å². The molecule has 0 bridgehead atoms. The van der Waals surface area contributed by atoms with E-state index >= 15 is 0 Å². The van der Waals surface area contributed by atoms with Crippen molar-refractivity contribution in [3.05, 3.63) is 58.2 Å². The maximum absolute atomic E-state index is 13.0. The standard InChI is InChI=1S/C17H17BrFN5O/c1-11-14(18)10-24(23-11)8-2-7-20-17(25)16-9-15(21-22-16)12-3-5-13(19)6-4-12/h3-6,9-10H,2,7-8H2,1H3,(H,20,25)(H,21,22). The quantitative estimate of drug-likeness (QED) is 0.617. The SMILES string of the molecule is Cc1nn(CCCNC(=O)c2cc(-c3ccc(F)cc3)n[nH]2)cc1Br. The number of rotatable bonds is 6. The number of amides is 1. The summed E-state index contributed by atoms with van der Waals surface area (Å²) in [5.41, 5.74) is 2.66. The van der Waals surface area contributed by atoms with Crippen molar-refractivity contribution in [2.45, 2.75) is 19.9 Å². The molecule has 25 heavy (non-hydrogen) atoms. The molecule has 2 N–H and O–H groups in total. The van der Waals surface area contributed by atoms with Crippen LogP contribution in [-0.4, -0.2) is 32.4 Å². The van der Waals surface area contributed by atoms with Crippen molar-refractivity contribution in [2.75, 3.05) is 6.54 Å². The van der Waals surface area contributed by atoms with Crippen LogP contribution in [0.2, 0.25) is 0 Å². The molecule has 0 fully saturated rings. The highest BCUT2D eigenvalue weighted by Gasteiger charge is 2.10. The van der Waals surface area contributed by atoms with Crippen molar-refractivity contribution in [1.29, 1.82) is 0 Å². The zero-order valence-corrected chi connectivity index (χ0v) is 15.2. The molecule has 0 aliphatic heterocycles. The molecule has 6 nitrogen and oxygen atoms in total. The molecule has 2 heterocycles. The van der Waals surface area contributed by atoms with Crippen molar-refractivity contribution in [2.24, 2.45) is 0 Å². The van der Waals surface area contributed by atoms with Crippen molar-refractivity contribution in [3.63, 3.8) is 0 Å². The van der Waals surface area contributed by atoms with Crippen LogP contribution in [0.15, 0.2) is 41.0 Å². The van der Waals surface area contributed by atoms with E-state index < -0.39 is 0 Å². The van der Waals surface area contributed by atoms with Crippen molar-refractivity contribution in [3.8, 4) is 11.3 Å². The summed E-state index contributed by atoms with van der Waals surface area (Å²) >= 11 is 3.42. The van der Waals surface area contributed by atoms with Gasteiger partial charge in [-0.3, -0.25) is 14.6 Å². The van der Waals surface area contributed by atoms with Gasteiger partial charge >= 0.3 is 0 Å². The summed E-state index contributed by atoms with van der Waals surface area (Å²) in [7, 11) is 0. The first-order chi connectivity index (χ1) is 12.0. The fourth-order valence-electron chi connectivity index (χ4n) is 2.35. The molecule has 0 spiro atoms. The van der Waals surface area contributed by atoms with Crippen LogP contribution >= 0.6 is 15.9 Å². The van der Waals surface area contributed by atoms with Gasteiger partial charge in [0, 0.05) is 24.8 Å². The highest BCUT2D eigenvalue weighted by Crippen LogP contribution is 2.18. The van der Waals surface area contributed by atoms with Crippen LogP contribution in [0.1, 0.15) is 22.6 Å². The van der Waals surface area contributed by atoms with E-state index in [-0.39, 0.29) is 11.7 Å². The first kappa shape index (κ1) is 17.3. The zero-order valence-electron chi connectivity index (χ0n) is 13.6. The maximum atomic E-state index is 13.0. The van der Waals surface area contributed by atoms with Gasteiger partial charge in [-0.1, -0.05) is 0 Å². The van der Waals surface area contributed by atoms with Crippen LogP contribution in [0, 0.1) is 12.7 Å². The average molecular weight is 406 g/mol. The van der Waals surface area contributed by atoms with Crippen molar-refractivity contribution < 1.29 is 9.18 Å². The Kier molecular flexibility index (Phi) is 5.28. The van der Waals surface area contributed by atoms with Crippen molar-refractivity contribution >= 4 is 21.8 Å². The van der Waals surface area contributed by atoms with Gasteiger partial charge in [0.1, 0.15) is 11.5 Å². The lowest BCUT2D eigenvalue weighted by atomic mass is 10.1. The van der Waals surface area contributed by atoms with Gasteiger partial charge in [-0.05, 0) is 59.6 Å². The number of nitrogens with zero attached hydrogens (tertiary/aromatic N) is 3. The Labute approximate surface area is 152 Å². The van der Waals surface area contributed by atoms with E-state index in [1.165, 1.54) is 12.1 Å². The lowest BCUT2D eigenvalue weighted by Crippen LogP contribution is -2.25. The monoisotopic (exact) mass is 405 g/mol. The minimum Gasteiger partial charge on any atom is -0.351 e. The Hall–Kier alpha value is -2.48. The topological polar surface area (TPSA) is 75.6 Å². The van der Waals surface area contributed by atoms with Crippen molar-refractivity contribution in [1.82, 2.24) is 25.3 Å². The van der Waals surface area contributed by atoms with Crippen LogP contribution in [0.4, 0.5) is 4.39 Å². The van der Waals surface area contributed by atoms with Crippen LogP contribution in [0.25, 0.3) is 11.3 Å². The summed E-state index contributed by atoms with van der Waals surface area (Å²) in [6.45, 7) is 3.18. The fraction of sp³-hybridized carbons (Fsp3) is 0.235. The van der Waals surface area contributed by atoms with Crippen LogP contribution in [0.3, 0.4) is 0 Å². The molecule has 3 aromatic rings. The molecule has 2 aromatic heterocycles. The Balaban J connectivity index is 1.51. The fourth-order valence-corrected chi connectivity index (χ4v) is 2.67. The van der Waals surface area contributed by atoms with E-state index in [1.807, 2.05) is 17.8 Å². The molecule has 0 saturated heterocycles. The van der Waals surface area contributed by atoms with Gasteiger partial charge < -0.3 is 5.32 Å². The van der Waals surface area contributed by atoms with Crippen LogP contribution < -0.4 is 5.32 Å². The highest BCUT2D eigenvalue weighted by molar-refractivity contribution is 9.10. The molecule has 1 aromatic carbocycles. The second kappa shape index (κ2) is 7.60. The molecule has 8 heteroatoms. The number of hydrogen-bond donors (Lipinski definition) is 2. The Morgan fingerprint density at radius 2 is 2.12 bits per heavy atom. The molecule has 0 saturated carbocycles. The van der Waals surface area contributed by atoms with Crippen LogP contribution in [0.5, 0.6) is 0 Å². The summed E-state index contributed by atoms with van der Waals surface area (Å²) in [4.78, 5) is 12.1. The van der Waals surface area contributed by atoms with E-state index in [1.54, 1.807) is 18.2 Å². The number of aryl methyl sites for hydroxylation is 2. The molecule has 130 valence electrons. The summed E-state index contributed by atoms with van der Waals surface area (Å²) in [5, 5.41) is 14.0. The van der Waals surface area contributed by atoms with Gasteiger partial charge in [-0.25, -0.2) is 4.39 Å². The highest BCUT2D eigenvalue weighted by atomic mass is 79.9. The van der Waals surface area contributed by atoms with Gasteiger partial charge in [-0.2, -0.15) is 10.2 Å². The molecule has 3 rings (SSSR count). The Bertz CT molecular complexity index is 852. The summed E-state index contributed by atoms with van der Waals surface area (Å²) < 4.78 is 15.8. The molecule has 0 aliphatic rings. The first-order valence-corrected chi connectivity index (χ1v) is 8.61. The zero-order chi connectivity index (χ0) is 17.8. The average Bonchev–Trinajstić information content (AvgIpc) is 3.20. The maximum Gasteiger partial charge on any atom is 0.269 e. The van der Waals surface area contributed by atoms with E-state index in [0.717, 1.165) is 28.7 Å². The number of halogens is 2. The Morgan fingerprint density at radius 3 is 2.80 bits per heavy atom. The Morgan fingerprint density at radius 1 is 1.36 bits per heavy atom. The molecule has 0 radical (unpaired) electrons. The number of hydrogen-bond acceptors (Lipinski definition) is 3. The number of H-pyrrole nitrogens is 1. The molecular formula is C17H17BrFN5O. The molecule has 1 amide bonds. The molecule has 0 atom stereocenters. The second-order valence-corrected chi connectivity index (χ2v) is 6.46. The van der Waals surface area contributed by atoms with Gasteiger partial charge in [-0.15, -0.1) is 0 Å². The number of aromatic nitrogens is 4. The molecule has 0 aliphatic carbocycles. The first-order valence-electron chi connectivity index (χ1n) is 7.82. The smallest absolute Gasteiger partial charge is 0.269 e. The number of carbonyl (C=O) groups is 1. The van der Waals surface area contributed by atoms with E-state index in [0.29, 0.717) is 17.9 Å². The number of aromatic amines is 1. The van der Waals surface area contributed by atoms with E-state index in [2.05, 4.69) is 36.5 Å². The largest absolute Gasteiger partial charge is 0.351 e. The number of nitrogens with one attached hydrogen (secondary N) is 2. The third-order valence-electron chi connectivity index (χ3n) is 3.70. The van der Waals surface area contributed by atoms with Crippen LogP contribution in [-0.2, 0) is 6.54 Å². The van der Waals surface area contributed by atoms with Gasteiger partial charge in [0.15, 0.2) is 0 Å². The summed E-state index contributed by atoms with van der Waals surface area (Å²) in [6.07, 6.45) is 2.68. The van der Waals surface area contributed by atoms with E-state index in [9.17, 15) is 9.18 Å². The number of carbonyl (C=O) groups excluding carboxylic acids is 1. The molecular weight excluding hydrogens is 389 g/mol. The minimum atomic E-state index is -0.309. The predicted molar refractivity (Wildman–Crippen MR) is 95.6 cm³/mol. The lowest BCUT2D eigenvalue weighted by molar-refractivity contribution is 0.0947. The van der Waals surface area contributed by atoms with E-state index in [4.69, 9.17) is 0 Å². The summed E-state index contributed by atoms with van der Waals surface area (Å²) in [6, 6.07) is 7.61. The minimum absolute atomic E-state index is 0.223. The lowest BCUT2D eigenvalue weighted by Gasteiger charge is -2.03. The molecule has 0 unspecified atom stereocenters. The number of benzene rings is 1. The third-order valence-corrected chi connectivity index (χ3v) is 4.48. The third kappa shape index (κ3) is 4.33. The van der Waals surface area contributed by atoms with Gasteiger partial charge in [0.25, 0.3) is 5.91 Å². The normalized spacial score (nSPS) is 10.8. The van der Waals surface area contributed by atoms with Gasteiger partial charge in [0.05, 0.1) is 15.9 Å².